The fraction of sp³-hybridized carbons (Fsp3) is 0.526. The van der Waals surface area contributed by atoms with Gasteiger partial charge in [0.15, 0.2) is 11.0 Å². The van der Waals surface area contributed by atoms with Crippen molar-refractivity contribution in [3.8, 4) is 11.4 Å². The molecule has 1 amide bonds. The summed E-state index contributed by atoms with van der Waals surface area (Å²) in [4.78, 5) is 12.4. The summed E-state index contributed by atoms with van der Waals surface area (Å²) in [7, 11) is 0. The second-order valence-electron chi connectivity index (χ2n) is 7.79. The first-order valence-corrected chi connectivity index (χ1v) is 9.63. The van der Waals surface area contributed by atoms with Crippen LogP contribution in [-0.2, 0) is 11.3 Å². The number of amides is 1. The molecule has 1 atom stereocenters. The van der Waals surface area contributed by atoms with Crippen LogP contribution in [-0.4, -0.2) is 31.5 Å². The van der Waals surface area contributed by atoms with E-state index in [0.717, 1.165) is 0 Å². The highest BCUT2D eigenvalue weighted by Gasteiger charge is 2.24. The molecule has 1 unspecified atom stereocenters. The third-order valence-electron chi connectivity index (χ3n) is 3.53. The van der Waals surface area contributed by atoms with Crippen molar-refractivity contribution in [2.24, 2.45) is 5.92 Å². The van der Waals surface area contributed by atoms with E-state index < -0.39 is 0 Å². The zero-order valence-corrected chi connectivity index (χ0v) is 17.0. The van der Waals surface area contributed by atoms with E-state index in [1.165, 1.54) is 17.8 Å². The Morgan fingerprint density at radius 2 is 1.88 bits per heavy atom. The van der Waals surface area contributed by atoms with Crippen LogP contribution in [0.2, 0.25) is 0 Å². The normalized spacial score (nSPS) is 13.1. The standard InChI is InChI=1S/C19H27FN4OS/c1-12(2)11-24-16(14-9-7-8-10-15(14)20)22-23-18(24)26-13(3)17(25)21-19(4,5)6/h7-10,12-13H,11H2,1-6H3,(H,21,25). The fourth-order valence-corrected chi connectivity index (χ4v) is 3.29. The number of hydrogen-bond donors (Lipinski definition) is 1. The molecule has 0 bridgehead atoms. The summed E-state index contributed by atoms with van der Waals surface area (Å²) >= 11 is 1.34. The third kappa shape index (κ3) is 5.30. The summed E-state index contributed by atoms with van der Waals surface area (Å²) in [6, 6.07) is 6.53. The van der Waals surface area contributed by atoms with Crippen molar-refractivity contribution in [2.45, 2.75) is 64.0 Å². The molecule has 0 spiro atoms. The maximum Gasteiger partial charge on any atom is 0.233 e. The van der Waals surface area contributed by atoms with Crippen LogP contribution in [0.5, 0.6) is 0 Å². The van der Waals surface area contributed by atoms with Crippen molar-refractivity contribution < 1.29 is 9.18 Å². The van der Waals surface area contributed by atoms with Gasteiger partial charge in [0, 0.05) is 12.1 Å². The predicted octanol–water partition coefficient (Wildman–Crippen LogP) is 4.14. The first-order chi connectivity index (χ1) is 12.1. The quantitative estimate of drug-likeness (QED) is 0.768. The van der Waals surface area contributed by atoms with Crippen LogP contribution in [0.4, 0.5) is 4.39 Å². The summed E-state index contributed by atoms with van der Waals surface area (Å²) in [6.45, 7) is 12.5. The zero-order chi connectivity index (χ0) is 19.5. The number of nitrogens with one attached hydrogen (secondary N) is 1. The van der Waals surface area contributed by atoms with Gasteiger partial charge in [0.2, 0.25) is 5.91 Å². The van der Waals surface area contributed by atoms with E-state index in [-0.39, 0.29) is 22.5 Å². The molecule has 0 fully saturated rings. The Morgan fingerprint density at radius 3 is 2.46 bits per heavy atom. The molecular formula is C19H27FN4OS. The Morgan fingerprint density at radius 1 is 1.23 bits per heavy atom. The molecule has 1 N–H and O–H groups in total. The molecule has 0 aliphatic heterocycles. The fourth-order valence-electron chi connectivity index (χ4n) is 2.43. The second-order valence-corrected chi connectivity index (χ2v) is 9.10. The average Bonchev–Trinajstić information content (AvgIpc) is 2.88. The Bertz CT molecular complexity index is 767. The molecular weight excluding hydrogens is 351 g/mol. The summed E-state index contributed by atoms with van der Waals surface area (Å²) in [6.07, 6.45) is 0. The van der Waals surface area contributed by atoms with Gasteiger partial charge in [-0.15, -0.1) is 10.2 Å². The van der Waals surface area contributed by atoms with Gasteiger partial charge in [-0.25, -0.2) is 4.39 Å². The van der Waals surface area contributed by atoms with Crippen LogP contribution in [0.1, 0.15) is 41.5 Å². The van der Waals surface area contributed by atoms with Crippen molar-refractivity contribution >= 4 is 17.7 Å². The molecule has 1 aromatic heterocycles. The molecule has 1 aromatic carbocycles. The SMILES string of the molecule is CC(C)Cn1c(SC(C)C(=O)NC(C)(C)C)nnc1-c1ccccc1F. The lowest BCUT2D eigenvalue weighted by Crippen LogP contribution is -2.44. The number of aromatic nitrogens is 3. The Kier molecular flexibility index (Phi) is 6.44. The molecule has 0 saturated carbocycles. The first-order valence-electron chi connectivity index (χ1n) is 8.75. The van der Waals surface area contributed by atoms with Gasteiger partial charge in [0.25, 0.3) is 0 Å². The summed E-state index contributed by atoms with van der Waals surface area (Å²) in [5.41, 5.74) is 0.120. The highest BCUT2D eigenvalue weighted by atomic mass is 32.2. The number of halogens is 1. The van der Waals surface area contributed by atoms with E-state index in [0.29, 0.717) is 29.0 Å². The van der Waals surface area contributed by atoms with Crippen molar-refractivity contribution in [2.75, 3.05) is 0 Å². The number of hydrogen-bond acceptors (Lipinski definition) is 4. The number of nitrogens with zero attached hydrogens (tertiary/aromatic N) is 3. The first kappa shape index (κ1) is 20.4. The van der Waals surface area contributed by atoms with Crippen molar-refractivity contribution in [3.63, 3.8) is 0 Å². The van der Waals surface area contributed by atoms with Crippen LogP contribution in [0, 0.1) is 11.7 Å². The summed E-state index contributed by atoms with van der Waals surface area (Å²) < 4.78 is 16.1. The van der Waals surface area contributed by atoms with Gasteiger partial charge in [-0.05, 0) is 45.7 Å². The van der Waals surface area contributed by atoms with Crippen LogP contribution in [0.3, 0.4) is 0 Å². The number of benzene rings is 1. The van der Waals surface area contributed by atoms with Gasteiger partial charge in [0.1, 0.15) is 5.82 Å². The van der Waals surface area contributed by atoms with Crippen molar-refractivity contribution in [1.82, 2.24) is 20.1 Å². The van der Waals surface area contributed by atoms with E-state index in [1.807, 2.05) is 32.3 Å². The van der Waals surface area contributed by atoms with E-state index in [2.05, 4.69) is 29.4 Å². The van der Waals surface area contributed by atoms with Crippen LogP contribution < -0.4 is 5.32 Å². The molecule has 142 valence electrons. The van der Waals surface area contributed by atoms with Gasteiger partial charge < -0.3 is 9.88 Å². The minimum absolute atomic E-state index is 0.0611. The molecule has 2 aromatic rings. The zero-order valence-electron chi connectivity index (χ0n) is 16.2. The number of carbonyl (C=O) groups excluding carboxylic acids is 1. The lowest BCUT2D eigenvalue weighted by molar-refractivity contribution is -0.121. The van der Waals surface area contributed by atoms with E-state index in [4.69, 9.17) is 0 Å². The highest BCUT2D eigenvalue weighted by molar-refractivity contribution is 8.00. The number of thioether (sulfide) groups is 1. The molecule has 0 saturated heterocycles. The summed E-state index contributed by atoms with van der Waals surface area (Å²) in [5, 5.41) is 11.7. The molecule has 0 radical (unpaired) electrons. The van der Waals surface area contributed by atoms with Crippen LogP contribution in [0.15, 0.2) is 29.4 Å². The van der Waals surface area contributed by atoms with Crippen molar-refractivity contribution in [1.29, 1.82) is 0 Å². The van der Waals surface area contributed by atoms with Gasteiger partial charge >= 0.3 is 0 Å². The summed E-state index contributed by atoms with van der Waals surface area (Å²) in [5.74, 6) is 0.423. The van der Waals surface area contributed by atoms with E-state index in [9.17, 15) is 9.18 Å². The van der Waals surface area contributed by atoms with Crippen LogP contribution >= 0.6 is 11.8 Å². The van der Waals surface area contributed by atoms with Gasteiger partial charge in [0.05, 0.1) is 10.8 Å². The number of carbonyl (C=O) groups is 1. The third-order valence-corrected chi connectivity index (χ3v) is 4.61. The Balaban J connectivity index is 2.32. The lowest BCUT2D eigenvalue weighted by atomic mass is 10.1. The topological polar surface area (TPSA) is 59.8 Å². The molecule has 7 heteroatoms. The second kappa shape index (κ2) is 8.20. The average molecular weight is 379 g/mol. The maximum atomic E-state index is 14.2. The molecule has 5 nitrogen and oxygen atoms in total. The monoisotopic (exact) mass is 378 g/mol. The number of rotatable bonds is 6. The highest BCUT2D eigenvalue weighted by Crippen LogP contribution is 2.29. The van der Waals surface area contributed by atoms with E-state index >= 15 is 0 Å². The molecule has 0 aliphatic carbocycles. The maximum absolute atomic E-state index is 14.2. The Hall–Kier alpha value is -1.89. The van der Waals surface area contributed by atoms with Gasteiger partial charge in [-0.1, -0.05) is 37.7 Å². The molecule has 26 heavy (non-hydrogen) atoms. The Labute approximate surface area is 158 Å². The minimum atomic E-state index is -0.335. The van der Waals surface area contributed by atoms with Gasteiger partial charge in [-0.3, -0.25) is 4.79 Å². The van der Waals surface area contributed by atoms with E-state index in [1.54, 1.807) is 18.2 Å². The van der Waals surface area contributed by atoms with Gasteiger partial charge in [-0.2, -0.15) is 0 Å². The smallest absolute Gasteiger partial charge is 0.233 e. The van der Waals surface area contributed by atoms with Crippen molar-refractivity contribution in [3.05, 3.63) is 30.1 Å². The minimum Gasteiger partial charge on any atom is -0.351 e. The lowest BCUT2D eigenvalue weighted by Gasteiger charge is -2.23. The van der Waals surface area contributed by atoms with Crippen LogP contribution in [0.25, 0.3) is 11.4 Å². The molecule has 1 heterocycles. The predicted molar refractivity (Wildman–Crippen MR) is 103 cm³/mol. The molecule has 0 aliphatic rings. The largest absolute Gasteiger partial charge is 0.351 e. The molecule has 2 rings (SSSR count).